The van der Waals surface area contributed by atoms with Crippen molar-refractivity contribution in [1.82, 2.24) is 0 Å². The van der Waals surface area contributed by atoms with Gasteiger partial charge in [-0.25, -0.2) is 0 Å². The molecule has 0 aromatic heterocycles. The first kappa shape index (κ1) is 7.33. The Bertz CT molecular complexity index is 149. The van der Waals surface area contributed by atoms with Gasteiger partial charge in [0.05, 0.1) is 0 Å². The third kappa shape index (κ3) is 3.29. The van der Waals surface area contributed by atoms with E-state index in [1.54, 1.807) is 0 Å². The van der Waals surface area contributed by atoms with Crippen LogP contribution < -0.4 is 0 Å². The molecule has 0 heteroatoms. The van der Waals surface area contributed by atoms with E-state index in [-0.39, 0.29) is 0 Å². The van der Waals surface area contributed by atoms with Gasteiger partial charge in [0.25, 0.3) is 0 Å². The Morgan fingerprint density at radius 2 is 1.50 bits per heavy atom. The predicted molar refractivity (Wildman–Crippen MR) is 45.9 cm³/mol. The summed E-state index contributed by atoms with van der Waals surface area (Å²) >= 11 is 0. The van der Waals surface area contributed by atoms with Crippen LogP contribution >= 0.6 is 0 Å². The van der Waals surface area contributed by atoms with E-state index in [1.807, 2.05) is 0 Å². The van der Waals surface area contributed by atoms with Gasteiger partial charge in [0, 0.05) is 0 Å². The number of allylic oxidation sites excluding steroid dienone is 6. The van der Waals surface area contributed by atoms with Gasteiger partial charge in [0.1, 0.15) is 0 Å². The zero-order chi connectivity index (χ0) is 7.07. The maximum atomic E-state index is 2.27. The van der Waals surface area contributed by atoms with Crippen LogP contribution in [-0.2, 0) is 0 Å². The second-order valence-electron chi connectivity index (χ2n) is 2.49. The number of rotatable bonds is 0. The molecular formula is C10H14. The Hall–Kier alpha value is -0.780. The Kier molecular flexibility index (Phi) is 3.69. The minimum absolute atomic E-state index is 1.09. The molecule has 0 heterocycles. The molecule has 0 aromatic carbocycles. The minimum Gasteiger partial charge on any atom is -0.0882 e. The lowest BCUT2D eigenvalue weighted by Gasteiger charge is -1.91. The maximum absolute atomic E-state index is 2.27. The largest absolute Gasteiger partial charge is 0.0882 e. The lowest BCUT2D eigenvalue weighted by atomic mass is 10.2. The third-order valence-corrected chi connectivity index (χ3v) is 1.56. The Labute approximate surface area is 62.9 Å². The Morgan fingerprint density at radius 1 is 0.700 bits per heavy atom. The normalized spacial score (nSPS) is 25.6. The minimum atomic E-state index is 1.09. The number of hydrogen-bond donors (Lipinski definition) is 0. The fourth-order valence-electron chi connectivity index (χ4n) is 0.978. The zero-order valence-corrected chi connectivity index (χ0v) is 6.29. The summed E-state index contributed by atoms with van der Waals surface area (Å²) in [6.07, 6.45) is 18.0. The third-order valence-electron chi connectivity index (χ3n) is 1.56. The van der Waals surface area contributed by atoms with E-state index in [1.165, 1.54) is 19.3 Å². The quantitative estimate of drug-likeness (QED) is 0.446. The first-order valence-corrected chi connectivity index (χ1v) is 3.97. The van der Waals surface area contributed by atoms with Crippen LogP contribution in [0, 0.1) is 0 Å². The highest BCUT2D eigenvalue weighted by Crippen LogP contribution is 2.01. The molecule has 54 valence electrons. The van der Waals surface area contributed by atoms with Gasteiger partial charge in [-0.05, 0) is 25.7 Å². The van der Waals surface area contributed by atoms with E-state index in [0.717, 1.165) is 6.42 Å². The summed E-state index contributed by atoms with van der Waals surface area (Å²) in [5, 5.41) is 0. The molecule has 0 atom stereocenters. The van der Waals surface area contributed by atoms with Crippen LogP contribution in [0.5, 0.6) is 0 Å². The van der Waals surface area contributed by atoms with Gasteiger partial charge in [-0.15, -0.1) is 0 Å². The van der Waals surface area contributed by atoms with Gasteiger partial charge in [0.2, 0.25) is 0 Å². The van der Waals surface area contributed by atoms with Crippen LogP contribution in [0.3, 0.4) is 0 Å². The average Bonchev–Trinajstić information content (AvgIpc) is 2.01. The molecule has 0 saturated heterocycles. The Morgan fingerprint density at radius 3 is 2.50 bits per heavy atom. The van der Waals surface area contributed by atoms with Crippen molar-refractivity contribution in [3.05, 3.63) is 36.5 Å². The highest BCUT2D eigenvalue weighted by atomic mass is 13.9. The van der Waals surface area contributed by atoms with Crippen molar-refractivity contribution in [2.75, 3.05) is 0 Å². The molecule has 0 spiro atoms. The fourth-order valence-corrected chi connectivity index (χ4v) is 0.978. The van der Waals surface area contributed by atoms with Crippen LogP contribution in [-0.4, -0.2) is 0 Å². The number of hydrogen-bond acceptors (Lipinski definition) is 0. The highest BCUT2D eigenvalue weighted by Gasteiger charge is 1.80. The molecule has 0 unspecified atom stereocenters. The lowest BCUT2D eigenvalue weighted by molar-refractivity contribution is 0.865. The van der Waals surface area contributed by atoms with E-state index >= 15 is 0 Å². The standard InChI is InChI=1S/C10H14/c1-2-4-6-8-10-9-7-5-3-1/h1-4,7,9H,5-6,8,10H2/b3-1-,4-2?,9-7-. The molecular weight excluding hydrogens is 120 g/mol. The van der Waals surface area contributed by atoms with Crippen LogP contribution in [0.15, 0.2) is 36.5 Å². The zero-order valence-electron chi connectivity index (χ0n) is 6.29. The highest BCUT2D eigenvalue weighted by molar-refractivity contribution is 5.05. The van der Waals surface area contributed by atoms with Crippen molar-refractivity contribution in [2.45, 2.75) is 25.7 Å². The van der Waals surface area contributed by atoms with Crippen molar-refractivity contribution < 1.29 is 0 Å². The summed E-state index contributed by atoms with van der Waals surface area (Å²) in [5.74, 6) is 0. The molecule has 0 radical (unpaired) electrons. The molecule has 0 nitrogen and oxygen atoms in total. The van der Waals surface area contributed by atoms with Crippen molar-refractivity contribution in [2.24, 2.45) is 0 Å². The monoisotopic (exact) mass is 134 g/mol. The van der Waals surface area contributed by atoms with Gasteiger partial charge in [0.15, 0.2) is 0 Å². The van der Waals surface area contributed by atoms with Gasteiger partial charge in [-0.1, -0.05) is 36.5 Å². The topological polar surface area (TPSA) is 0 Å². The molecule has 10 heavy (non-hydrogen) atoms. The van der Waals surface area contributed by atoms with Crippen LogP contribution in [0.25, 0.3) is 0 Å². The van der Waals surface area contributed by atoms with E-state index in [4.69, 9.17) is 0 Å². The average molecular weight is 134 g/mol. The van der Waals surface area contributed by atoms with Crippen molar-refractivity contribution >= 4 is 0 Å². The molecule has 0 amide bonds. The van der Waals surface area contributed by atoms with Gasteiger partial charge in [-0.3, -0.25) is 0 Å². The molecule has 0 aromatic rings. The second-order valence-corrected chi connectivity index (χ2v) is 2.49. The smallest absolute Gasteiger partial charge is 0.0166 e. The van der Waals surface area contributed by atoms with Crippen molar-refractivity contribution in [3.63, 3.8) is 0 Å². The van der Waals surface area contributed by atoms with Gasteiger partial charge >= 0.3 is 0 Å². The van der Waals surface area contributed by atoms with Crippen LogP contribution in [0.1, 0.15) is 25.7 Å². The van der Waals surface area contributed by atoms with E-state index in [2.05, 4.69) is 36.5 Å². The Balaban J connectivity index is 2.38. The van der Waals surface area contributed by atoms with E-state index in [0.29, 0.717) is 0 Å². The SMILES string of the molecule is C1=CCCC/C=C\C/C=C\1. The molecule has 0 bridgehead atoms. The second kappa shape index (κ2) is 5.04. The van der Waals surface area contributed by atoms with Crippen molar-refractivity contribution in [3.8, 4) is 0 Å². The lowest BCUT2D eigenvalue weighted by Crippen LogP contribution is -1.70. The van der Waals surface area contributed by atoms with E-state index in [9.17, 15) is 0 Å². The molecule has 0 N–H and O–H groups in total. The molecule has 1 aliphatic carbocycles. The molecule has 0 saturated carbocycles. The summed E-state index contributed by atoms with van der Waals surface area (Å²) in [5.41, 5.74) is 0. The summed E-state index contributed by atoms with van der Waals surface area (Å²) < 4.78 is 0. The summed E-state index contributed by atoms with van der Waals surface area (Å²) in [7, 11) is 0. The molecule has 1 rings (SSSR count). The van der Waals surface area contributed by atoms with Gasteiger partial charge < -0.3 is 0 Å². The molecule has 1 aliphatic rings. The fraction of sp³-hybridized carbons (Fsp3) is 0.400. The van der Waals surface area contributed by atoms with Gasteiger partial charge in [-0.2, -0.15) is 0 Å². The first-order valence-electron chi connectivity index (χ1n) is 3.97. The first-order chi connectivity index (χ1) is 5.00. The molecule has 0 fully saturated rings. The van der Waals surface area contributed by atoms with Crippen LogP contribution in [0.2, 0.25) is 0 Å². The maximum Gasteiger partial charge on any atom is -0.0166 e. The predicted octanol–water partition coefficient (Wildman–Crippen LogP) is 3.23. The molecule has 0 aliphatic heterocycles. The summed E-state index contributed by atoms with van der Waals surface area (Å²) in [4.78, 5) is 0. The van der Waals surface area contributed by atoms with E-state index < -0.39 is 0 Å². The van der Waals surface area contributed by atoms with Crippen LogP contribution in [0.4, 0.5) is 0 Å². The summed E-state index contributed by atoms with van der Waals surface area (Å²) in [6.45, 7) is 0. The van der Waals surface area contributed by atoms with Crippen molar-refractivity contribution in [1.29, 1.82) is 0 Å². The summed E-state index contributed by atoms with van der Waals surface area (Å²) in [6, 6.07) is 0.